The molecular weight excluding hydrogens is 218 g/mol. The fourth-order valence-corrected chi connectivity index (χ4v) is 3.30. The second-order valence-electron chi connectivity index (χ2n) is 3.92. The number of aliphatic carboxylic acids is 1. The second kappa shape index (κ2) is 4.49. The lowest BCUT2D eigenvalue weighted by Crippen LogP contribution is -2.46. The number of carbonyl (C=O) groups is 1. The smallest absolute Gasteiger partial charge is 0.306 e. The quantitative estimate of drug-likeness (QED) is 0.774. The molecule has 1 fully saturated rings. The molecule has 2 atom stereocenters. The first-order chi connectivity index (χ1) is 6.88. The number of piperidine rings is 1. The van der Waals surface area contributed by atoms with E-state index in [4.69, 9.17) is 5.11 Å². The monoisotopic (exact) mass is 235 g/mol. The largest absolute Gasteiger partial charge is 0.481 e. The number of rotatable bonds is 3. The summed E-state index contributed by atoms with van der Waals surface area (Å²) in [5.41, 5.74) is 0. The van der Waals surface area contributed by atoms with Crippen LogP contribution >= 0.6 is 0 Å². The van der Waals surface area contributed by atoms with Crippen LogP contribution in [0.2, 0.25) is 0 Å². The number of sulfonamides is 1. The van der Waals surface area contributed by atoms with Gasteiger partial charge < -0.3 is 5.11 Å². The minimum Gasteiger partial charge on any atom is -0.481 e. The molecule has 0 aliphatic carbocycles. The summed E-state index contributed by atoms with van der Waals surface area (Å²) >= 11 is 0. The van der Waals surface area contributed by atoms with Gasteiger partial charge in [0.2, 0.25) is 10.0 Å². The first-order valence-corrected chi connectivity index (χ1v) is 6.71. The van der Waals surface area contributed by atoms with Gasteiger partial charge >= 0.3 is 5.97 Å². The molecule has 1 saturated heterocycles. The van der Waals surface area contributed by atoms with E-state index in [-0.39, 0.29) is 11.8 Å². The topological polar surface area (TPSA) is 74.7 Å². The third-order valence-electron chi connectivity index (χ3n) is 2.89. The van der Waals surface area contributed by atoms with E-state index in [9.17, 15) is 13.2 Å². The number of hydrogen-bond donors (Lipinski definition) is 1. The molecule has 0 amide bonds. The van der Waals surface area contributed by atoms with Crippen LogP contribution < -0.4 is 0 Å². The summed E-state index contributed by atoms with van der Waals surface area (Å²) < 4.78 is 24.7. The molecule has 1 aliphatic heterocycles. The van der Waals surface area contributed by atoms with Crippen LogP contribution in [-0.2, 0) is 14.8 Å². The molecule has 1 heterocycles. The fourth-order valence-electron chi connectivity index (χ4n) is 1.95. The van der Waals surface area contributed by atoms with Gasteiger partial charge in [0.15, 0.2) is 0 Å². The Kier molecular flexibility index (Phi) is 3.72. The van der Waals surface area contributed by atoms with E-state index >= 15 is 0 Å². The molecule has 5 nitrogen and oxygen atoms in total. The predicted molar refractivity (Wildman–Crippen MR) is 56.0 cm³/mol. The summed E-state index contributed by atoms with van der Waals surface area (Å²) in [6.45, 7) is 3.70. The van der Waals surface area contributed by atoms with Gasteiger partial charge in [-0.2, -0.15) is 4.31 Å². The van der Waals surface area contributed by atoms with Gasteiger partial charge in [-0.25, -0.2) is 8.42 Å². The first kappa shape index (κ1) is 12.4. The van der Waals surface area contributed by atoms with Crippen LogP contribution in [0.1, 0.15) is 26.7 Å². The molecule has 0 aromatic rings. The lowest BCUT2D eigenvalue weighted by atomic mass is 9.93. The molecular formula is C9H17NO4S. The van der Waals surface area contributed by atoms with Crippen molar-refractivity contribution in [3.8, 4) is 0 Å². The Morgan fingerprint density at radius 2 is 2.13 bits per heavy atom. The van der Waals surface area contributed by atoms with Crippen LogP contribution in [0, 0.1) is 5.92 Å². The minimum atomic E-state index is -3.18. The zero-order chi connectivity index (χ0) is 11.6. The van der Waals surface area contributed by atoms with Crippen LogP contribution in [0.25, 0.3) is 0 Å². The van der Waals surface area contributed by atoms with Crippen LogP contribution in [0.5, 0.6) is 0 Å². The van der Waals surface area contributed by atoms with Crippen molar-refractivity contribution >= 4 is 16.0 Å². The molecule has 15 heavy (non-hydrogen) atoms. The van der Waals surface area contributed by atoms with Gasteiger partial charge in [-0.3, -0.25) is 4.79 Å². The van der Waals surface area contributed by atoms with Crippen LogP contribution in [-0.4, -0.2) is 42.1 Å². The minimum absolute atomic E-state index is 0.0785. The molecule has 0 bridgehead atoms. The van der Waals surface area contributed by atoms with E-state index in [2.05, 4.69) is 0 Å². The van der Waals surface area contributed by atoms with Gasteiger partial charge in [0.05, 0.1) is 11.7 Å². The van der Waals surface area contributed by atoms with Crippen molar-refractivity contribution in [2.45, 2.75) is 32.7 Å². The molecule has 1 rings (SSSR count). The zero-order valence-electron chi connectivity index (χ0n) is 9.01. The Balaban J connectivity index is 2.73. The highest BCUT2D eigenvalue weighted by Gasteiger charge is 2.34. The highest BCUT2D eigenvalue weighted by atomic mass is 32.2. The lowest BCUT2D eigenvalue weighted by molar-refractivity contribution is -0.143. The summed E-state index contributed by atoms with van der Waals surface area (Å²) in [6, 6.07) is -0.204. The summed E-state index contributed by atoms with van der Waals surface area (Å²) in [6.07, 6.45) is 0.827. The molecule has 6 heteroatoms. The average molecular weight is 235 g/mol. The standard InChI is InChI=1S/C9H17NO4S/c1-3-15(13,14)10-5-4-8(9(11)12)6-7(10)2/h7-8H,3-6H2,1-2H3,(H,11,12). The summed E-state index contributed by atoms with van der Waals surface area (Å²) in [5, 5.41) is 8.83. The molecule has 0 aromatic heterocycles. The van der Waals surface area contributed by atoms with Crippen molar-refractivity contribution in [1.82, 2.24) is 4.31 Å². The van der Waals surface area contributed by atoms with Crippen LogP contribution in [0.3, 0.4) is 0 Å². The van der Waals surface area contributed by atoms with Gasteiger partial charge in [-0.15, -0.1) is 0 Å². The van der Waals surface area contributed by atoms with Crippen molar-refractivity contribution < 1.29 is 18.3 Å². The second-order valence-corrected chi connectivity index (χ2v) is 6.13. The van der Waals surface area contributed by atoms with Gasteiger partial charge in [-0.1, -0.05) is 0 Å². The molecule has 0 spiro atoms. The fraction of sp³-hybridized carbons (Fsp3) is 0.889. The van der Waals surface area contributed by atoms with Crippen molar-refractivity contribution in [2.24, 2.45) is 5.92 Å². The Morgan fingerprint density at radius 1 is 1.53 bits per heavy atom. The number of carboxylic acid groups (broad SMARTS) is 1. The van der Waals surface area contributed by atoms with Crippen LogP contribution in [0.4, 0.5) is 0 Å². The van der Waals surface area contributed by atoms with Gasteiger partial charge in [0, 0.05) is 12.6 Å². The molecule has 0 saturated carbocycles. The van der Waals surface area contributed by atoms with E-state index < -0.39 is 21.9 Å². The molecule has 1 aliphatic rings. The lowest BCUT2D eigenvalue weighted by Gasteiger charge is -2.34. The Bertz CT molecular complexity index is 338. The van der Waals surface area contributed by atoms with E-state index in [1.54, 1.807) is 13.8 Å². The van der Waals surface area contributed by atoms with Crippen LogP contribution in [0.15, 0.2) is 0 Å². The van der Waals surface area contributed by atoms with Gasteiger partial charge in [0.1, 0.15) is 0 Å². The number of nitrogens with zero attached hydrogens (tertiary/aromatic N) is 1. The highest BCUT2D eigenvalue weighted by Crippen LogP contribution is 2.25. The van der Waals surface area contributed by atoms with Gasteiger partial charge in [-0.05, 0) is 26.7 Å². The Labute approximate surface area is 90.1 Å². The van der Waals surface area contributed by atoms with E-state index in [1.165, 1.54) is 4.31 Å². The van der Waals surface area contributed by atoms with E-state index in [0.29, 0.717) is 19.4 Å². The Hall–Kier alpha value is -0.620. The molecule has 2 unspecified atom stereocenters. The molecule has 1 N–H and O–H groups in total. The third kappa shape index (κ3) is 2.69. The van der Waals surface area contributed by atoms with Gasteiger partial charge in [0.25, 0.3) is 0 Å². The highest BCUT2D eigenvalue weighted by molar-refractivity contribution is 7.89. The van der Waals surface area contributed by atoms with E-state index in [1.807, 2.05) is 0 Å². The maximum atomic E-state index is 11.6. The first-order valence-electron chi connectivity index (χ1n) is 5.10. The predicted octanol–water partition coefficient (Wildman–Crippen LogP) is 0.521. The number of hydrogen-bond acceptors (Lipinski definition) is 3. The van der Waals surface area contributed by atoms with Crippen molar-refractivity contribution in [3.05, 3.63) is 0 Å². The normalized spacial score (nSPS) is 28.9. The average Bonchev–Trinajstić information content (AvgIpc) is 2.17. The molecule has 0 radical (unpaired) electrons. The summed E-state index contributed by atoms with van der Waals surface area (Å²) in [7, 11) is -3.18. The summed E-state index contributed by atoms with van der Waals surface area (Å²) in [5.74, 6) is -1.14. The number of carboxylic acids is 1. The summed E-state index contributed by atoms with van der Waals surface area (Å²) in [4.78, 5) is 10.8. The maximum absolute atomic E-state index is 11.6. The SMILES string of the molecule is CCS(=O)(=O)N1CCC(C(=O)O)CC1C. The van der Waals surface area contributed by atoms with E-state index in [0.717, 1.165) is 0 Å². The zero-order valence-corrected chi connectivity index (χ0v) is 9.83. The molecule has 88 valence electrons. The molecule has 0 aromatic carbocycles. The Morgan fingerprint density at radius 3 is 2.53 bits per heavy atom. The van der Waals surface area contributed by atoms with Crippen molar-refractivity contribution in [3.63, 3.8) is 0 Å². The van der Waals surface area contributed by atoms with Crippen molar-refractivity contribution in [1.29, 1.82) is 0 Å². The maximum Gasteiger partial charge on any atom is 0.306 e. The third-order valence-corrected chi connectivity index (χ3v) is 4.87. The van der Waals surface area contributed by atoms with Crippen molar-refractivity contribution in [2.75, 3.05) is 12.3 Å².